The zero-order chi connectivity index (χ0) is 12.8. The molecule has 1 aromatic heterocycles. The van der Waals surface area contributed by atoms with Crippen molar-refractivity contribution >= 4 is 16.7 Å². The summed E-state index contributed by atoms with van der Waals surface area (Å²) in [6.45, 7) is 5.72. The number of aromatic nitrogens is 1. The predicted molar refractivity (Wildman–Crippen MR) is 68.4 cm³/mol. The van der Waals surface area contributed by atoms with Gasteiger partial charge in [-0.25, -0.2) is 0 Å². The van der Waals surface area contributed by atoms with Gasteiger partial charge in [0, 0.05) is 23.4 Å². The summed E-state index contributed by atoms with van der Waals surface area (Å²) in [4.78, 5) is 12.3. The van der Waals surface area contributed by atoms with Gasteiger partial charge in [-0.2, -0.15) is 0 Å². The summed E-state index contributed by atoms with van der Waals surface area (Å²) < 4.78 is 1.88. The molecule has 0 saturated heterocycles. The zero-order valence-electron chi connectivity index (χ0n) is 10.6. The Morgan fingerprint density at radius 1 is 1.24 bits per heavy atom. The van der Waals surface area contributed by atoms with Gasteiger partial charge >= 0.3 is 0 Å². The molecular weight excluding hydrogens is 214 g/mol. The molecule has 0 bridgehead atoms. The molecule has 0 saturated carbocycles. The van der Waals surface area contributed by atoms with Crippen molar-refractivity contribution in [1.82, 2.24) is 4.57 Å². The number of Topliss-reactive ketones (excluding diaryl/α,β-unsaturated/α-hetero) is 1. The Morgan fingerprint density at radius 3 is 2.47 bits per heavy atom. The average Bonchev–Trinajstić information content (AvgIpc) is 2.53. The number of carbonyl (C=O) groups is 1. The van der Waals surface area contributed by atoms with Crippen LogP contribution < -0.4 is 0 Å². The van der Waals surface area contributed by atoms with Crippen LogP contribution in [-0.2, 0) is 7.05 Å². The number of phenolic OH excluding ortho intramolecular Hbond substituents is 1. The van der Waals surface area contributed by atoms with E-state index in [9.17, 15) is 9.90 Å². The van der Waals surface area contributed by atoms with E-state index >= 15 is 0 Å². The normalized spacial score (nSPS) is 12.0. The number of fused-ring (bicyclic) bond motifs is 1. The summed E-state index contributed by atoms with van der Waals surface area (Å²) in [7, 11) is 1.87. The van der Waals surface area contributed by atoms with Crippen molar-refractivity contribution < 1.29 is 9.90 Å². The third kappa shape index (κ3) is 1.93. The van der Waals surface area contributed by atoms with Gasteiger partial charge in [-0.05, 0) is 24.3 Å². The third-order valence-corrected chi connectivity index (χ3v) is 2.94. The lowest BCUT2D eigenvalue weighted by Crippen LogP contribution is -2.22. The van der Waals surface area contributed by atoms with Crippen molar-refractivity contribution in [3.63, 3.8) is 0 Å². The van der Waals surface area contributed by atoms with E-state index in [0.717, 1.165) is 10.9 Å². The Morgan fingerprint density at radius 2 is 1.88 bits per heavy atom. The predicted octanol–water partition coefficient (Wildman–Crippen LogP) is 3.11. The highest BCUT2D eigenvalue weighted by molar-refractivity contribution is 6.03. The van der Waals surface area contributed by atoms with Crippen LogP contribution in [0.4, 0.5) is 0 Å². The van der Waals surface area contributed by atoms with Crippen molar-refractivity contribution in [3.05, 3.63) is 30.0 Å². The molecule has 3 nitrogen and oxygen atoms in total. The number of hydrogen-bond donors (Lipinski definition) is 1. The molecule has 3 heteroatoms. The van der Waals surface area contributed by atoms with Crippen molar-refractivity contribution in [2.24, 2.45) is 12.5 Å². The van der Waals surface area contributed by atoms with Gasteiger partial charge in [-0.15, -0.1) is 0 Å². The van der Waals surface area contributed by atoms with Crippen LogP contribution in [0.25, 0.3) is 10.9 Å². The van der Waals surface area contributed by atoms with Gasteiger partial charge in [-0.3, -0.25) is 4.79 Å². The van der Waals surface area contributed by atoms with E-state index in [0.29, 0.717) is 5.69 Å². The van der Waals surface area contributed by atoms with Crippen LogP contribution >= 0.6 is 0 Å². The Balaban J connectivity index is 2.64. The lowest BCUT2D eigenvalue weighted by atomic mass is 9.89. The molecule has 0 fully saturated rings. The molecule has 1 N–H and O–H groups in total. The number of carbonyl (C=O) groups excluding carboxylic acids is 1. The second-order valence-corrected chi connectivity index (χ2v) is 5.41. The van der Waals surface area contributed by atoms with Gasteiger partial charge in [0.05, 0.1) is 5.69 Å². The molecule has 0 aliphatic rings. The van der Waals surface area contributed by atoms with Gasteiger partial charge in [0.15, 0.2) is 5.78 Å². The summed E-state index contributed by atoms with van der Waals surface area (Å²) in [6.07, 6.45) is 0. The fourth-order valence-electron chi connectivity index (χ4n) is 1.94. The van der Waals surface area contributed by atoms with Gasteiger partial charge < -0.3 is 9.67 Å². The minimum absolute atomic E-state index is 0.107. The van der Waals surface area contributed by atoms with Crippen LogP contribution in [0.15, 0.2) is 24.3 Å². The van der Waals surface area contributed by atoms with Crippen molar-refractivity contribution in [1.29, 1.82) is 0 Å². The standard InChI is InChI=1S/C14H17NO2/c1-14(2,3)13(17)12-8-9-7-10(16)5-6-11(9)15(12)4/h5-8,16H,1-4H3. The highest BCUT2D eigenvalue weighted by Gasteiger charge is 2.25. The summed E-state index contributed by atoms with van der Waals surface area (Å²) in [5.74, 6) is 0.327. The molecule has 0 radical (unpaired) electrons. The summed E-state index contributed by atoms with van der Waals surface area (Å²) in [5, 5.41) is 10.3. The number of phenols is 1. The lowest BCUT2D eigenvalue weighted by Gasteiger charge is -2.16. The minimum atomic E-state index is -0.399. The average molecular weight is 231 g/mol. The van der Waals surface area contributed by atoms with Crippen molar-refractivity contribution in [2.45, 2.75) is 20.8 Å². The van der Waals surface area contributed by atoms with Crippen LogP contribution in [0.2, 0.25) is 0 Å². The first-order valence-electron chi connectivity index (χ1n) is 5.64. The van der Waals surface area contributed by atoms with Gasteiger partial charge in [-0.1, -0.05) is 20.8 Å². The molecule has 0 atom stereocenters. The molecule has 0 unspecified atom stereocenters. The molecule has 90 valence electrons. The number of rotatable bonds is 1. The number of ketones is 1. The Kier molecular flexibility index (Phi) is 2.49. The van der Waals surface area contributed by atoms with Gasteiger partial charge in [0.2, 0.25) is 0 Å². The van der Waals surface area contributed by atoms with Crippen molar-refractivity contribution in [3.8, 4) is 5.75 Å². The Hall–Kier alpha value is -1.77. The van der Waals surface area contributed by atoms with Crippen molar-refractivity contribution in [2.75, 3.05) is 0 Å². The van der Waals surface area contributed by atoms with Crippen LogP contribution in [0.1, 0.15) is 31.3 Å². The largest absolute Gasteiger partial charge is 0.508 e. The molecule has 0 amide bonds. The molecule has 17 heavy (non-hydrogen) atoms. The fourth-order valence-corrected chi connectivity index (χ4v) is 1.94. The number of hydrogen-bond acceptors (Lipinski definition) is 2. The molecule has 1 aromatic carbocycles. The molecule has 1 heterocycles. The number of nitrogens with zero attached hydrogens (tertiary/aromatic N) is 1. The van der Waals surface area contributed by atoms with Crippen LogP contribution in [0.5, 0.6) is 5.75 Å². The Bertz CT molecular complexity index is 588. The second-order valence-electron chi connectivity index (χ2n) is 5.41. The molecule has 0 aliphatic heterocycles. The number of benzene rings is 1. The number of aromatic hydroxyl groups is 1. The molecule has 2 aromatic rings. The molecule has 2 rings (SSSR count). The van der Waals surface area contributed by atoms with Gasteiger partial charge in [0.1, 0.15) is 5.75 Å². The third-order valence-electron chi connectivity index (χ3n) is 2.94. The minimum Gasteiger partial charge on any atom is -0.508 e. The van der Waals surface area contributed by atoms with E-state index < -0.39 is 5.41 Å². The summed E-state index contributed by atoms with van der Waals surface area (Å²) >= 11 is 0. The monoisotopic (exact) mass is 231 g/mol. The van der Waals surface area contributed by atoms with E-state index in [1.807, 2.05) is 44.5 Å². The second kappa shape index (κ2) is 3.62. The lowest BCUT2D eigenvalue weighted by molar-refractivity contribution is 0.0850. The van der Waals surface area contributed by atoms with Crippen LogP contribution in [-0.4, -0.2) is 15.5 Å². The molecule has 0 spiro atoms. The number of aryl methyl sites for hydroxylation is 1. The summed E-state index contributed by atoms with van der Waals surface area (Å²) in [5.41, 5.74) is 1.23. The highest BCUT2D eigenvalue weighted by atomic mass is 16.3. The first-order chi connectivity index (χ1) is 7.80. The maximum absolute atomic E-state index is 12.3. The smallest absolute Gasteiger partial charge is 0.184 e. The Labute approximate surface area is 101 Å². The van der Waals surface area contributed by atoms with E-state index in [4.69, 9.17) is 0 Å². The maximum Gasteiger partial charge on any atom is 0.184 e. The highest BCUT2D eigenvalue weighted by Crippen LogP contribution is 2.27. The van der Waals surface area contributed by atoms with Crippen LogP contribution in [0.3, 0.4) is 0 Å². The first kappa shape index (κ1) is 11.7. The van der Waals surface area contributed by atoms with E-state index in [-0.39, 0.29) is 11.5 Å². The first-order valence-corrected chi connectivity index (χ1v) is 5.64. The molecular formula is C14H17NO2. The molecule has 0 aliphatic carbocycles. The zero-order valence-corrected chi connectivity index (χ0v) is 10.6. The maximum atomic E-state index is 12.3. The van der Waals surface area contributed by atoms with E-state index in [1.54, 1.807) is 12.1 Å². The van der Waals surface area contributed by atoms with E-state index in [1.165, 1.54) is 0 Å². The van der Waals surface area contributed by atoms with Gasteiger partial charge in [0.25, 0.3) is 0 Å². The quantitative estimate of drug-likeness (QED) is 0.766. The van der Waals surface area contributed by atoms with E-state index in [2.05, 4.69) is 0 Å². The summed E-state index contributed by atoms with van der Waals surface area (Å²) in [6, 6.07) is 6.97. The SMILES string of the molecule is Cn1c(C(=O)C(C)(C)C)cc2cc(O)ccc21. The topological polar surface area (TPSA) is 42.2 Å². The fraction of sp³-hybridized carbons (Fsp3) is 0.357. The van der Waals surface area contributed by atoms with Crippen LogP contribution in [0, 0.1) is 5.41 Å².